The highest BCUT2D eigenvalue weighted by Crippen LogP contribution is 2.44. The standard InChI is InChI=1S/C26H30N2O5/c1-16(25(31)28-13-7-8-18(28)14-24(29)30)17(2)27-26(32)33-15-23-21-11-5-3-9-19(21)20-10-4-6-12-22(20)23/h3-6,9-12,16-18,23H,7-8,13-15H2,1-2H3,(H,27,32)(H,29,30)/t16?,17?,18-/m1/s1. The van der Waals surface area contributed by atoms with Gasteiger partial charge in [-0.25, -0.2) is 4.79 Å². The molecule has 7 nitrogen and oxygen atoms in total. The molecule has 2 aliphatic rings. The summed E-state index contributed by atoms with van der Waals surface area (Å²) in [5.41, 5.74) is 4.61. The number of aliphatic carboxylic acids is 1. The van der Waals surface area contributed by atoms with E-state index in [-0.39, 0.29) is 30.9 Å². The molecule has 3 atom stereocenters. The zero-order chi connectivity index (χ0) is 23.5. The van der Waals surface area contributed by atoms with Crippen LogP contribution in [-0.2, 0) is 14.3 Å². The second-order valence-corrected chi connectivity index (χ2v) is 8.97. The zero-order valence-corrected chi connectivity index (χ0v) is 19.0. The van der Waals surface area contributed by atoms with Gasteiger partial charge in [-0.2, -0.15) is 0 Å². The second-order valence-electron chi connectivity index (χ2n) is 8.97. The van der Waals surface area contributed by atoms with Crippen molar-refractivity contribution in [3.63, 3.8) is 0 Å². The second kappa shape index (κ2) is 9.65. The molecule has 0 radical (unpaired) electrons. The Labute approximate surface area is 193 Å². The van der Waals surface area contributed by atoms with Crippen molar-refractivity contribution in [1.82, 2.24) is 10.2 Å². The molecule has 0 aromatic heterocycles. The predicted octanol–water partition coefficient (Wildman–Crippen LogP) is 4.02. The van der Waals surface area contributed by atoms with Crippen LogP contribution in [0.15, 0.2) is 48.5 Å². The van der Waals surface area contributed by atoms with E-state index in [0.717, 1.165) is 28.7 Å². The first kappa shape index (κ1) is 22.8. The Bertz CT molecular complexity index is 1010. The van der Waals surface area contributed by atoms with E-state index in [1.165, 1.54) is 0 Å². The van der Waals surface area contributed by atoms with Gasteiger partial charge in [-0.15, -0.1) is 0 Å². The number of alkyl carbamates (subject to hydrolysis) is 1. The molecule has 2 aromatic rings. The van der Waals surface area contributed by atoms with Gasteiger partial charge in [-0.3, -0.25) is 9.59 Å². The lowest BCUT2D eigenvalue weighted by Gasteiger charge is -2.29. The monoisotopic (exact) mass is 450 g/mol. The van der Waals surface area contributed by atoms with Crippen molar-refractivity contribution in [3.05, 3.63) is 59.7 Å². The van der Waals surface area contributed by atoms with Crippen molar-refractivity contribution in [1.29, 1.82) is 0 Å². The van der Waals surface area contributed by atoms with Crippen LogP contribution in [0.5, 0.6) is 0 Å². The van der Waals surface area contributed by atoms with E-state index in [0.29, 0.717) is 13.0 Å². The summed E-state index contributed by atoms with van der Waals surface area (Å²) >= 11 is 0. The van der Waals surface area contributed by atoms with Crippen molar-refractivity contribution in [2.75, 3.05) is 13.2 Å². The van der Waals surface area contributed by atoms with Gasteiger partial charge >= 0.3 is 12.1 Å². The molecular weight excluding hydrogens is 420 g/mol. The molecule has 2 amide bonds. The van der Waals surface area contributed by atoms with Crippen LogP contribution in [0.4, 0.5) is 4.79 Å². The summed E-state index contributed by atoms with van der Waals surface area (Å²) in [6, 6.07) is 15.6. The Hall–Kier alpha value is -3.35. The first-order valence-corrected chi connectivity index (χ1v) is 11.5. The fraction of sp³-hybridized carbons (Fsp3) is 0.423. The lowest BCUT2D eigenvalue weighted by atomic mass is 9.98. The van der Waals surface area contributed by atoms with E-state index in [4.69, 9.17) is 9.84 Å². The highest BCUT2D eigenvalue weighted by Gasteiger charge is 2.35. The number of nitrogens with zero attached hydrogens (tertiary/aromatic N) is 1. The lowest BCUT2D eigenvalue weighted by molar-refractivity contribution is -0.141. The summed E-state index contributed by atoms with van der Waals surface area (Å²) < 4.78 is 5.59. The third kappa shape index (κ3) is 4.72. The molecule has 1 aliphatic heterocycles. The summed E-state index contributed by atoms with van der Waals surface area (Å²) in [5, 5.41) is 11.9. The number of carboxylic acids is 1. The van der Waals surface area contributed by atoms with E-state index in [1.807, 2.05) is 24.3 Å². The largest absolute Gasteiger partial charge is 0.481 e. The Morgan fingerprint density at radius 3 is 2.27 bits per heavy atom. The van der Waals surface area contributed by atoms with Gasteiger partial charge in [-0.05, 0) is 42.0 Å². The van der Waals surface area contributed by atoms with E-state index >= 15 is 0 Å². The predicted molar refractivity (Wildman–Crippen MR) is 124 cm³/mol. The number of likely N-dealkylation sites (tertiary alicyclic amines) is 1. The van der Waals surface area contributed by atoms with Gasteiger partial charge in [0.15, 0.2) is 0 Å². The molecule has 2 aromatic carbocycles. The number of fused-ring (bicyclic) bond motifs is 3. The van der Waals surface area contributed by atoms with Crippen molar-refractivity contribution < 1.29 is 24.2 Å². The van der Waals surface area contributed by atoms with Gasteiger partial charge in [0, 0.05) is 24.5 Å². The van der Waals surface area contributed by atoms with E-state index in [2.05, 4.69) is 29.6 Å². The van der Waals surface area contributed by atoms with Gasteiger partial charge in [0.25, 0.3) is 0 Å². The molecule has 0 spiro atoms. The Morgan fingerprint density at radius 2 is 1.67 bits per heavy atom. The zero-order valence-electron chi connectivity index (χ0n) is 19.0. The molecule has 1 heterocycles. The third-order valence-corrected chi connectivity index (χ3v) is 6.90. The molecular formula is C26H30N2O5. The molecule has 0 bridgehead atoms. The molecule has 2 unspecified atom stereocenters. The lowest BCUT2D eigenvalue weighted by Crippen LogP contribution is -2.47. The Balaban J connectivity index is 1.34. The molecule has 0 saturated carbocycles. The van der Waals surface area contributed by atoms with Crippen LogP contribution in [-0.4, -0.2) is 53.2 Å². The maximum atomic E-state index is 12.9. The number of benzene rings is 2. The highest BCUT2D eigenvalue weighted by atomic mass is 16.5. The first-order valence-electron chi connectivity index (χ1n) is 11.5. The first-order chi connectivity index (χ1) is 15.9. The molecule has 4 rings (SSSR count). The van der Waals surface area contributed by atoms with Crippen molar-refractivity contribution in [2.24, 2.45) is 5.92 Å². The van der Waals surface area contributed by atoms with Crippen LogP contribution in [0.25, 0.3) is 11.1 Å². The van der Waals surface area contributed by atoms with Crippen LogP contribution in [0.1, 0.15) is 50.2 Å². The summed E-state index contributed by atoms with van der Waals surface area (Å²) in [7, 11) is 0. The maximum Gasteiger partial charge on any atom is 0.407 e. The van der Waals surface area contributed by atoms with E-state index < -0.39 is 24.0 Å². The Morgan fingerprint density at radius 1 is 1.06 bits per heavy atom. The normalized spacial score (nSPS) is 18.8. The van der Waals surface area contributed by atoms with Gasteiger partial charge in [0.05, 0.1) is 12.3 Å². The summed E-state index contributed by atoms with van der Waals surface area (Å²) in [4.78, 5) is 38.2. The van der Waals surface area contributed by atoms with Crippen LogP contribution in [0.3, 0.4) is 0 Å². The van der Waals surface area contributed by atoms with Gasteiger partial charge in [0.2, 0.25) is 5.91 Å². The van der Waals surface area contributed by atoms with E-state index in [9.17, 15) is 14.4 Å². The van der Waals surface area contributed by atoms with Crippen LogP contribution < -0.4 is 5.32 Å². The fourth-order valence-corrected chi connectivity index (χ4v) is 4.97. The number of rotatable bonds is 7. The fourth-order valence-electron chi connectivity index (χ4n) is 4.97. The molecule has 1 aliphatic carbocycles. The average Bonchev–Trinajstić information content (AvgIpc) is 3.38. The number of hydrogen-bond acceptors (Lipinski definition) is 4. The smallest absolute Gasteiger partial charge is 0.407 e. The topological polar surface area (TPSA) is 95.9 Å². The van der Waals surface area contributed by atoms with Crippen molar-refractivity contribution in [3.8, 4) is 11.1 Å². The summed E-state index contributed by atoms with van der Waals surface area (Å²) in [6.45, 7) is 4.29. The number of amides is 2. The van der Waals surface area contributed by atoms with Gasteiger partial charge < -0.3 is 20.1 Å². The van der Waals surface area contributed by atoms with E-state index in [1.54, 1.807) is 18.7 Å². The van der Waals surface area contributed by atoms with Gasteiger partial charge in [0.1, 0.15) is 6.61 Å². The number of hydrogen-bond donors (Lipinski definition) is 2. The molecule has 1 fully saturated rings. The quantitative estimate of drug-likeness (QED) is 0.664. The van der Waals surface area contributed by atoms with Crippen molar-refractivity contribution >= 4 is 18.0 Å². The molecule has 33 heavy (non-hydrogen) atoms. The molecule has 1 saturated heterocycles. The minimum absolute atomic E-state index is 0.0288. The highest BCUT2D eigenvalue weighted by molar-refractivity contribution is 5.82. The van der Waals surface area contributed by atoms with Gasteiger partial charge in [-0.1, -0.05) is 55.5 Å². The minimum Gasteiger partial charge on any atom is -0.481 e. The Kier molecular flexibility index (Phi) is 6.67. The van der Waals surface area contributed by atoms with Crippen molar-refractivity contribution in [2.45, 2.75) is 51.1 Å². The van der Waals surface area contributed by atoms with Crippen LogP contribution in [0, 0.1) is 5.92 Å². The SMILES string of the molecule is CC(NC(=O)OCC1c2ccccc2-c2ccccc21)C(C)C(=O)N1CCC[C@@H]1CC(=O)O. The van der Waals surface area contributed by atoms with Crippen LogP contribution >= 0.6 is 0 Å². The number of carboxylic acid groups (broad SMARTS) is 1. The maximum absolute atomic E-state index is 12.9. The molecule has 174 valence electrons. The summed E-state index contributed by atoms with van der Waals surface area (Å²) in [6.07, 6.45) is 0.878. The average molecular weight is 451 g/mol. The molecule has 2 N–H and O–H groups in total. The third-order valence-electron chi connectivity index (χ3n) is 6.90. The summed E-state index contributed by atoms with van der Waals surface area (Å²) in [5.74, 6) is -1.55. The van der Waals surface area contributed by atoms with Crippen LogP contribution in [0.2, 0.25) is 0 Å². The number of carbonyl (C=O) groups excluding carboxylic acids is 2. The minimum atomic E-state index is -0.905. The number of carbonyl (C=O) groups is 3. The number of nitrogens with one attached hydrogen (secondary N) is 1. The molecule has 7 heteroatoms. The number of ether oxygens (including phenoxy) is 1.